The molecular weight excluding hydrogens is 385 g/mol. The second-order valence-corrected chi connectivity index (χ2v) is 8.36. The summed E-state index contributed by atoms with van der Waals surface area (Å²) in [5.74, 6) is 0.456. The normalized spacial score (nSPS) is 19.4. The summed E-state index contributed by atoms with van der Waals surface area (Å²) in [6, 6.07) is 5.37. The van der Waals surface area contributed by atoms with Gasteiger partial charge in [0.15, 0.2) is 0 Å². The predicted octanol–water partition coefficient (Wildman–Crippen LogP) is 2.94. The van der Waals surface area contributed by atoms with Gasteiger partial charge in [0.1, 0.15) is 0 Å². The number of amides is 2. The number of rotatable bonds is 4. The third-order valence-electron chi connectivity index (χ3n) is 5.64. The van der Waals surface area contributed by atoms with Crippen molar-refractivity contribution in [3.8, 4) is 0 Å². The van der Waals surface area contributed by atoms with E-state index in [0.717, 1.165) is 44.6 Å². The molecule has 0 bridgehead atoms. The summed E-state index contributed by atoms with van der Waals surface area (Å²) in [7, 11) is 2.09. The van der Waals surface area contributed by atoms with Crippen LogP contribution >= 0.6 is 23.2 Å². The lowest BCUT2D eigenvalue weighted by atomic mass is 9.94. The molecule has 2 fully saturated rings. The van der Waals surface area contributed by atoms with Gasteiger partial charge in [0.05, 0.1) is 0 Å². The summed E-state index contributed by atoms with van der Waals surface area (Å²) in [6.07, 6.45) is 2.56. The first-order valence-corrected chi connectivity index (χ1v) is 10.4. The van der Waals surface area contributed by atoms with E-state index in [1.807, 2.05) is 15.9 Å². The number of aryl methyl sites for hydroxylation is 1. The molecule has 148 valence electrons. The van der Waals surface area contributed by atoms with Crippen molar-refractivity contribution >= 4 is 35.0 Å². The third kappa shape index (κ3) is 5.37. The zero-order chi connectivity index (χ0) is 19.4. The lowest BCUT2D eigenvalue weighted by molar-refractivity contribution is -0.141. The first kappa shape index (κ1) is 20.4. The molecular formula is C20H27Cl2N3O2. The predicted molar refractivity (Wildman–Crippen MR) is 108 cm³/mol. The average molecular weight is 412 g/mol. The van der Waals surface area contributed by atoms with E-state index in [1.165, 1.54) is 0 Å². The largest absolute Gasteiger partial charge is 0.343 e. The summed E-state index contributed by atoms with van der Waals surface area (Å²) in [5.41, 5.74) is 0.939. The molecule has 5 nitrogen and oxygen atoms in total. The molecule has 0 aliphatic carbocycles. The number of piperidine rings is 1. The molecule has 0 N–H and O–H groups in total. The van der Waals surface area contributed by atoms with Gasteiger partial charge in [-0.25, -0.2) is 0 Å². The van der Waals surface area contributed by atoms with Crippen molar-refractivity contribution in [2.24, 2.45) is 5.92 Å². The molecule has 0 saturated carbocycles. The molecule has 2 saturated heterocycles. The van der Waals surface area contributed by atoms with Gasteiger partial charge < -0.3 is 14.7 Å². The number of nitrogens with zero attached hydrogens (tertiary/aromatic N) is 3. The average Bonchev–Trinajstić information content (AvgIpc) is 2.67. The second-order valence-electron chi connectivity index (χ2n) is 7.52. The Balaban J connectivity index is 1.44. The van der Waals surface area contributed by atoms with Crippen LogP contribution in [0.3, 0.4) is 0 Å². The first-order chi connectivity index (χ1) is 12.9. The minimum Gasteiger partial charge on any atom is -0.343 e. The smallest absolute Gasteiger partial charge is 0.225 e. The van der Waals surface area contributed by atoms with Crippen LogP contribution in [0.1, 0.15) is 24.8 Å². The lowest BCUT2D eigenvalue weighted by Gasteiger charge is -2.37. The standard InChI is InChI=1S/C20H27Cl2N3O2/c1-23-10-12-25(13-11-23)20(27)16-6-8-24(9-7-16)19(26)5-3-15-2-4-17(21)14-18(15)22/h2,4,14,16H,3,5-13H2,1H3. The van der Waals surface area contributed by atoms with E-state index in [4.69, 9.17) is 23.2 Å². The Labute approximate surface area is 171 Å². The highest BCUT2D eigenvalue weighted by atomic mass is 35.5. The molecule has 0 spiro atoms. The van der Waals surface area contributed by atoms with Crippen molar-refractivity contribution in [1.82, 2.24) is 14.7 Å². The number of carbonyl (C=O) groups is 2. The van der Waals surface area contributed by atoms with Crippen molar-refractivity contribution in [2.45, 2.75) is 25.7 Å². The van der Waals surface area contributed by atoms with Gasteiger partial charge in [0.25, 0.3) is 0 Å². The molecule has 2 aliphatic heterocycles. The van der Waals surface area contributed by atoms with Gasteiger partial charge in [-0.3, -0.25) is 9.59 Å². The number of benzene rings is 1. The maximum absolute atomic E-state index is 12.7. The van der Waals surface area contributed by atoms with Crippen LogP contribution in [0.15, 0.2) is 18.2 Å². The molecule has 2 aliphatic rings. The van der Waals surface area contributed by atoms with E-state index in [2.05, 4.69) is 11.9 Å². The highest BCUT2D eigenvalue weighted by Crippen LogP contribution is 2.24. The summed E-state index contributed by atoms with van der Waals surface area (Å²) in [6.45, 7) is 4.84. The zero-order valence-electron chi connectivity index (χ0n) is 15.8. The van der Waals surface area contributed by atoms with Crippen LogP contribution < -0.4 is 0 Å². The molecule has 7 heteroatoms. The van der Waals surface area contributed by atoms with Crippen LogP contribution in [-0.2, 0) is 16.0 Å². The lowest BCUT2D eigenvalue weighted by Crippen LogP contribution is -2.51. The Morgan fingerprint density at radius 3 is 2.30 bits per heavy atom. The Bertz CT molecular complexity index is 682. The monoisotopic (exact) mass is 411 g/mol. The van der Waals surface area contributed by atoms with E-state index in [-0.39, 0.29) is 17.7 Å². The van der Waals surface area contributed by atoms with Crippen molar-refractivity contribution in [2.75, 3.05) is 46.3 Å². The summed E-state index contributed by atoms with van der Waals surface area (Å²) in [4.78, 5) is 31.3. The van der Waals surface area contributed by atoms with Crippen LogP contribution in [-0.4, -0.2) is 72.8 Å². The number of likely N-dealkylation sites (N-methyl/N-ethyl adjacent to an activating group) is 1. The molecule has 1 aromatic rings. The molecule has 2 amide bonds. The van der Waals surface area contributed by atoms with E-state index in [9.17, 15) is 9.59 Å². The van der Waals surface area contributed by atoms with Crippen LogP contribution in [0.25, 0.3) is 0 Å². The summed E-state index contributed by atoms with van der Waals surface area (Å²) >= 11 is 12.1. The Hall–Kier alpha value is -1.30. The van der Waals surface area contributed by atoms with Crippen LogP contribution in [0.4, 0.5) is 0 Å². The van der Waals surface area contributed by atoms with Crippen molar-refractivity contribution in [3.63, 3.8) is 0 Å². The number of piperazine rings is 1. The van der Waals surface area contributed by atoms with Gasteiger partial charge in [-0.2, -0.15) is 0 Å². The Kier molecular flexibility index (Phi) is 7.01. The molecule has 3 rings (SSSR count). The number of hydrogen-bond acceptors (Lipinski definition) is 3. The van der Waals surface area contributed by atoms with E-state index < -0.39 is 0 Å². The van der Waals surface area contributed by atoms with Gasteiger partial charge in [0, 0.05) is 61.7 Å². The SMILES string of the molecule is CN1CCN(C(=O)C2CCN(C(=O)CCc3ccc(Cl)cc3Cl)CC2)CC1. The van der Waals surface area contributed by atoms with Gasteiger partial charge in [-0.05, 0) is 44.0 Å². The molecule has 0 radical (unpaired) electrons. The minimum absolute atomic E-state index is 0.0585. The van der Waals surface area contributed by atoms with Gasteiger partial charge in [-0.1, -0.05) is 29.3 Å². The summed E-state index contributed by atoms with van der Waals surface area (Å²) in [5, 5.41) is 1.20. The first-order valence-electron chi connectivity index (χ1n) is 9.63. The topological polar surface area (TPSA) is 43.9 Å². The number of hydrogen-bond donors (Lipinski definition) is 0. The summed E-state index contributed by atoms with van der Waals surface area (Å²) < 4.78 is 0. The second kappa shape index (κ2) is 9.26. The number of likely N-dealkylation sites (tertiary alicyclic amines) is 1. The highest BCUT2D eigenvalue weighted by Gasteiger charge is 2.31. The van der Waals surface area contributed by atoms with Crippen LogP contribution in [0.2, 0.25) is 10.0 Å². The van der Waals surface area contributed by atoms with Crippen molar-refractivity contribution in [3.05, 3.63) is 33.8 Å². The van der Waals surface area contributed by atoms with Gasteiger partial charge in [0.2, 0.25) is 11.8 Å². The highest BCUT2D eigenvalue weighted by molar-refractivity contribution is 6.35. The fourth-order valence-electron chi connectivity index (χ4n) is 3.79. The molecule has 1 aromatic carbocycles. The zero-order valence-corrected chi connectivity index (χ0v) is 17.3. The molecule has 27 heavy (non-hydrogen) atoms. The molecule has 0 aromatic heterocycles. The van der Waals surface area contributed by atoms with Crippen LogP contribution in [0.5, 0.6) is 0 Å². The van der Waals surface area contributed by atoms with E-state index >= 15 is 0 Å². The fraction of sp³-hybridized carbons (Fsp3) is 0.600. The fourth-order valence-corrected chi connectivity index (χ4v) is 4.29. The molecule has 0 atom stereocenters. The quantitative estimate of drug-likeness (QED) is 0.764. The van der Waals surface area contributed by atoms with Crippen LogP contribution in [0, 0.1) is 5.92 Å². The van der Waals surface area contributed by atoms with Gasteiger partial charge in [-0.15, -0.1) is 0 Å². The molecule has 0 unspecified atom stereocenters. The maximum Gasteiger partial charge on any atom is 0.225 e. The van der Waals surface area contributed by atoms with E-state index in [1.54, 1.807) is 12.1 Å². The Morgan fingerprint density at radius 2 is 1.67 bits per heavy atom. The third-order valence-corrected chi connectivity index (χ3v) is 6.22. The maximum atomic E-state index is 12.7. The van der Waals surface area contributed by atoms with Crippen molar-refractivity contribution < 1.29 is 9.59 Å². The van der Waals surface area contributed by atoms with Crippen molar-refractivity contribution in [1.29, 1.82) is 0 Å². The number of carbonyl (C=O) groups excluding carboxylic acids is 2. The Morgan fingerprint density at radius 1 is 1.00 bits per heavy atom. The minimum atomic E-state index is 0.0585. The van der Waals surface area contributed by atoms with E-state index in [0.29, 0.717) is 36.0 Å². The number of halogens is 2. The van der Waals surface area contributed by atoms with Gasteiger partial charge >= 0.3 is 0 Å². The molecule has 2 heterocycles.